The van der Waals surface area contributed by atoms with Crippen molar-refractivity contribution in [2.24, 2.45) is 5.10 Å². The maximum absolute atomic E-state index is 11.9. The van der Waals surface area contributed by atoms with E-state index in [9.17, 15) is 4.79 Å². The molecule has 0 aliphatic carbocycles. The van der Waals surface area contributed by atoms with E-state index in [2.05, 4.69) is 27.5 Å². The topological polar surface area (TPSA) is 72.2 Å². The molecule has 6 nitrogen and oxygen atoms in total. The number of hydrazone groups is 1. The number of aromatic nitrogens is 3. The zero-order chi connectivity index (χ0) is 16.7. The van der Waals surface area contributed by atoms with Crippen LogP contribution in [0.25, 0.3) is 0 Å². The Morgan fingerprint density at radius 3 is 2.91 bits per heavy atom. The Morgan fingerprint density at radius 2 is 2.22 bits per heavy atom. The van der Waals surface area contributed by atoms with Crippen LogP contribution >= 0.6 is 0 Å². The molecule has 23 heavy (non-hydrogen) atoms. The van der Waals surface area contributed by atoms with Gasteiger partial charge >= 0.3 is 0 Å². The van der Waals surface area contributed by atoms with Gasteiger partial charge in [-0.15, -0.1) is 0 Å². The van der Waals surface area contributed by atoms with Gasteiger partial charge in [-0.2, -0.15) is 10.2 Å². The maximum Gasteiger partial charge on any atom is 0.272 e. The molecule has 0 radical (unpaired) electrons. The Bertz CT molecular complexity index is 676. The summed E-state index contributed by atoms with van der Waals surface area (Å²) >= 11 is 0. The molecule has 0 saturated carbocycles. The van der Waals surface area contributed by atoms with Gasteiger partial charge in [-0.25, -0.2) is 5.43 Å². The van der Waals surface area contributed by atoms with Crippen LogP contribution in [-0.4, -0.2) is 26.9 Å². The van der Waals surface area contributed by atoms with Gasteiger partial charge in [0.05, 0.1) is 17.5 Å². The van der Waals surface area contributed by atoms with Gasteiger partial charge < -0.3 is 0 Å². The molecule has 6 heteroatoms. The first-order valence-corrected chi connectivity index (χ1v) is 7.91. The molecule has 0 unspecified atom stereocenters. The summed E-state index contributed by atoms with van der Waals surface area (Å²) in [5, 5.41) is 8.58. The molecule has 0 fully saturated rings. The molecule has 2 aromatic heterocycles. The fraction of sp³-hybridized carbons (Fsp3) is 0.412. The van der Waals surface area contributed by atoms with E-state index in [0.29, 0.717) is 5.56 Å². The van der Waals surface area contributed by atoms with Crippen LogP contribution in [0.2, 0.25) is 0 Å². The highest BCUT2D eigenvalue weighted by atomic mass is 16.2. The summed E-state index contributed by atoms with van der Waals surface area (Å²) in [6.07, 6.45) is 8.29. The SMILES string of the molecule is CCCCCn1nc(C)c(/C=N/NC(=O)c2cccnc2)c1C. The van der Waals surface area contributed by atoms with Gasteiger partial charge in [-0.1, -0.05) is 19.8 Å². The second-order valence-electron chi connectivity index (χ2n) is 5.46. The molecular formula is C17H23N5O. The average molecular weight is 313 g/mol. The average Bonchev–Trinajstić information content (AvgIpc) is 2.83. The zero-order valence-electron chi connectivity index (χ0n) is 13.9. The number of pyridine rings is 1. The highest BCUT2D eigenvalue weighted by Gasteiger charge is 2.09. The number of carbonyl (C=O) groups excluding carboxylic acids is 1. The van der Waals surface area contributed by atoms with Crippen molar-refractivity contribution in [2.45, 2.75) is 46.6 Å². The van der Waals surface area contributed by atoms with Crippen LogP contribution in [0, 0.1) is 13.8 Å². The minimum absolute atomic E-state index is 0.278. The summed E-state index contributed by atoms with van der Waals surface area (Å²) < 4.78 is 2.01. The summed E-state index contributed by atoms with van der Waals surface area (Å²) in [7, 11) is 0. The number of hydrogen-bond acceptors (Lipinski definition) is 4. The first-order chi connectivity index (χ1) is 11.1. The normalized spacial score (nSPS) is 11.1. The molecule has 0 atom stereocenters. The molecule has 2 aromatic rings. The molecule has 1 N–H and O–H groups in total. The lowest BCUT2D eigenvalue weighted by Gasteiger charge is -2.03. The van der Waals surface area contributed by atoms with Gasteiger partial charge in [0.1, 0.15) is 0 Å². The van der Waals surface area contributed by atoms with E-state index in [1.54, 1.807) is 24.5 Å². The second kappa shape index (κ2) is 8.22. The van der Waals surface area contributed by atoms with Gasteiger partial charge in [-0.3, -0.25) is 14.5 Å². The van der Waals surface area contributed by atoms with Crippen LogP contribution in [0.15, 0.2) is 29.6 Å². The van der Waals surface area contributed by atoms with Gasteiger partial charge in [0.25, 0.3) is 5.91 Å². The number of rotatable bonds is 7. The van der Waals surface area contributed by atoms with Crippen LogP contribution < -0.4 is 5.43 Å². The predicted molar refractivity (Wildman–Crippen MR) is 90.5 cm³/mol. The van der Waals surface area contributed by atoms with Crippen LogP contribution in [0.4, 0.5) is 0 Å². The van der Waals surface area contributed by atoms with Gasteiger partial charge in [0.15, 0.2) is 0 Å². The Kier molecular flexibility index (Phi) is 6.02. The third-order valence-corrected chi connectivity index (χ3v) is 3.69. The van der Waals surface area contributed by atoms with Crippen molar-refractivity contribution in [1.29, 1.82) is 0 Å². The third-order valence-electron chi connectivity index (χ3n) is 3.69. The molecule has 0 saturated heterocycles. The number of carbonyl (C=O) groups is 1. The Hall–Kier alpha value is -2.50. The summed E-state index contributed by atoms with van der Waals surface area (Å²) in [6, 6.07) is 3.41. The van der Waals surface area contributed by atoms with Gasteiger partial charge in [0, 0.05) is 30.2 Å². The van der Waals surface area contributed by atoms with Crippen LogP contribution in [0.3, 0.4) is 0 Å². The van der Waals surface area contributed by atoms with E-state index in [1.165, 1.54) is 19.0 Å². The van der Waals surface area contributed by atoms with Crippen molar-refractivity contribution < 1.29 is 4.79 Å². The Balaban J connectivity index is 2.01. The summed E-state index contributed by atoms with van der Waals surface area (Å²) in [4.78, 5) is 15.8. The molecular weight excluding hydrogens is 290 g/mol. The summed E-state index contributed by atoms with van der Waals surface area (Å²) in [6.45, 7) is 7.07. The van der Waals surface area contributed by atoms with E-state index in [4.69, 9.17) is 0 Å². The smallest absolute Gasteiger partial charge is 0.269 e. The lowest BCUT2D eigenvalue weighted by molar-refractivity contribution is 0.0955. The van der Waals surface area contributed by atoms with Gasteiger partial charge in [-0.05, 0) is 32.4 Å². The van der Waals surface area contributed by atoms with E-state index in [1.807, 2.05) is 18.5 Å². The minimum atomic E-state index is -0.278. The standard InChI is InChI=1S/C17H23N5O/c1-4-5-6-10-22-14(3)16(13(2)21-22)12-19-20-17(23)15-8-7-9-18-11-15/h7-9,11-12H,4-6,10H2,1-3H3,(H,20,23)/b19-12+. The largest absolute Gasteiger partial charge is 0.272 e. The fourth-order valence-electron chi connectivity index (χ4n) is 2.34. The number of nitrogens with zero attached hydrogens (tertiary/aromatic N) is 4. The molecule has 0 aliphatic heterocycles. The maximum atomic E-state index is 11.9. The van der Waals surface area contributed by atoms with Crippen LogP contribution in [-0.2, 0) is 6.54 Å². The Morgan fingerprint density at radius 1 is 1.39 bits per heavy atom. The van der Waals surface area contributed by atoms with Crippen molar-refractivity contribution in [3.63, 3.8) is 0 Å². The van der Waals surface area contributed by atoms with Crippen molar-refractivity contribution in [2.75, 3.05) is 0 Å². The second-order valence-corrected chi connectivity index (χ2v) is 5.46. The molecule has 1 amide bonds. The molecule has 2 heterocycles. The fourth-order valence-corrected chi connectivity index (χ4v) is 2.34. The zero-order valence-corrected chi connectivity index (χ0v) is 13.9. The minimum Gasteiger partial charge on any atom is -0.269 e. The Labute approximate surface area is 136 Å². The van der Waals surface area contributed by atoms with Crippen LogP contribution in [0.1, 0.15) is 53.5 Å². The van der Waals surface area contributed by atoms with E-state index < -0.39 is 0 Å². The first kappa shape index (κ1) is 16.9. The molecule has 0 aliphatic rings. The third kappa shape index (κ3) is 4.48. The molecule has 2 rings (SSSR count). The molecule has 0 aromatic carbocycles. The highest BCUT2D eigenvalue weighted by molar-refractivity contribution is 5.94. The number of unbranched alkanes of at least 4 members (excludes halogenated alkanes) is 2. The van der Waals surface area contributed by atoms with E-state index in [0.717, 1.165) is 29.9 Å². The number of hydrogen-bond donors (Lipinski definition) is 1. The van der Waals surface area contributed by atoms with Crippen molar-refractivity contribution >= 4 is 12.1 Å². The van der Waals surface area contributed by atoms with Crippen molar-refractivity contribution in [3.05, 3.63) is 47.0 Å². The quantitative estimate of drug-likeness (QED) is 0.485. The predicted octanol–water partition coefficient (Wildman–Crippen LogP) is 2.85. The monoisotopic (exact) mass is 313 g/mol. The lowest BCUT2D eigenvalue weighted by atomic mass is 10.2. The van der Waals surface area contributed by atoms with Crippen LogP contribution in [0.5, 0.6) is 0 Å². The van der Waals surface area contributed by atoms with Crippen molar-refractivity contribution in [1.82, 2.24) is 20.2 Å². The summed E-state index contributed by atoms with van der Waals surface area (Å²) in [5.74, 6) is -0.278. The highest BCUT2D eigenvalue weighted by Crippen LogP contribution is 2.12. The van der Waals surface area contributed by atoms with Gasteiger partial charge in [0.2, 0.25) is 0 Å². The lowest BCUT2D eigenvalue weighted by Crippen LogP contribution is -2.17. The van der Waals surface area contributed by atoms with Crippen molar-refractivity contribution in [3.8, 4) is 0 Å². The summed E-state index contributed by atoms with van der Waals surface area (Å²) in [5.41, 5.74) is 5.93. The number of aryl methyl sites for hydroxylation is 2. The molecule has 122 valence electrons. The number of amides is 1. The first-order valence-electron chi connectivity index (χ1n) is 7.91. The molecule has 0 spiro atoms. The van der Waals surface area contributed by atoms with E-state index in [-0.39, 0.29) is 5.91 Å². The number of nitrogens with one attached hydrogen (secondary N) is 1. The molecule has 0 bridgehead atoms. The van der Waals surface area contributed by atoms with E-state index >= 15 is 0 Å².